The van der Waals surface area contributed by atoms with Crippen molar-refractivity contribution in [3.05, 3.63) is 29.6 Å². The van der Waals surface area contributed by atoms with E-state index in [1.807, 2.05) is 0 Å². The molecule has 1 saturated heterocycles. The van der Waals surface area contributed by atoms with Crippen molar-refractivity contribution in [1.29, 1.82) is 0 Å². The van der Waals surface area contributed by atoms with Crippen LogP contribution >= 0.6 is 0 Å². The lowest BCUT2D eigenvalue weighted by molar-refractivity contribution is 0.102. The van der Waals surface area contributed by atoms with Crippen LogP contribution in [0.25, 0.3) is 0 Å². The Bertz CT molecular complexity index is 739. The molecule has 126 valence electrons. The fraction of sp³-hybridized carbons (Fsp3) is 0.438. The molecule has 1 amide bonds. The Kier molecular flexibility index (Phi) is 4.04. The number of aromatic nitrogens is 3. The van der Waals surface area contributed by atoms with Gasteiger partial charge in [0.2, 0.25) is 5.95 Å². The Morgan fingerprint density at radius 3 is 2.88 bits per heavy atom. The van der Waals surface area contributed by atoms with Crippen LogP contribution in [-0.2, 0) is 4.74 Å². The van der Waals surface area contributed by atoms with Crippen molar-refractivity contribution in [3.63, 3.8) is 0 Å². The number of carbonyl (C=O) groups excluding carboxylic acids is 1. The highest BCUT2D eigenvalue weighted by Gasteiger charge is 2.22. The van der Waals surface area contributed by atoms with E-state index < -0.39 is 0 Å². The van der Waals surface area contributed by atoms with Gasteiger partial charge in [-0.3, -0.25) is 15.2 Å². The van der Waals surface area contributed by atoms with Crippen LogP contribution in [0, 0.1) is 0 Å². The zero-order valence-electron chi connectivity index (χ0n) is 13.1. The lowest BCUT2D eigenvalue weighted by Crippen LogP contribution is -2.13. The summed E-state index contributed by atoms with van der Waals surface area (Å²) in [4.78, 5) is 16.7. The number of nitrogens with one attached hydrogen (secondary N) is 2. The number of amides is 1. The number of carbonyl (C=O) groups is 1. The Balaban J connectivity index is 1.47. The second-order valence-electron chi connectivity index (χ2n) is 5.71. The van der Waals surface area contributed by atoms with Gasteiger partial charge in [0.25, 0.3) is 5.91 Å². The predicted molar refractivity (Wildman–Crippen MR) is 84.3 cm³/mol. The highest BCUT2D eigenvalue weighted by molar-refractivity contribution is 6.03. The van der Waals surface area contributed by atoms with Gasteiger partial charge in [-0.1, -0.05) is 0 Å². The lowest BCUT2D eigenvalue weighted by atomic mass is 10.2. The number of aromatic amines is 1. The number of anilines is 1. The SMILES string of the molecule is O=C(Nc1n[nH]c(C2CCCO2)n1)c1ccc2c(c1)OCCCO2. The first-order valence-corrected chi connectivity index (χ1v) is 8.04. The highest BCUT2D eigenvalue weighted by atomic mass is 16.5. The molecule has 1 unspecified atom stereocenters. The van der Waals surface area contributed by atoms with Crippen molar-refractivity contribution in [3.8, 4) is 11.5 Å². The van der Waals surface area contributed by atoms with Crippen molar-refractivity contribution in [2.75, 3.05) is 25.1 Å². The van der Waals surface area contributed by atoms with Gasteiger partial charge in [-0.15, -0.1) is 5.10 Å². The molecular formula is C16H18N4O4. The summed E-state index contributed by atoms with van der Waals surface area (Å²) in [5, 5.41) is 9.52. The zero-order chi connectivity index (χ0) is 16.4. The third kappa shape index (κ3) is 3.05. The van der Waals surface area contributed by atoms with Crippen LogP contribution in [0.3, 0.4) is 0 Å². The average molecular weight is 330 g/mol. The topological polar surface area (TPSA) is 98.4 Å². The number of benzene rings is 1. The third-order valence-corrected chi connectivity index (χ3v) is 3.97. The maximum atomic E-state index is 12.4. The minimum atomic E-state index is -0.302. The van der Waals surface area contributed by atoms with Crippen molar-refractivity contribution in [1.82, 2.24) is 15.2 Å². The molecule has 8 nitrogen and oxygen atoms in total. The van der Waals surface area contributed by atoms with E-state index in [2.05, 4.69) is 20.5 Å². The molecule has 1 atom stereocenters. The summed E-state index contributed by atoms with van der Waals surface area (Å²) < 4.78 is 16.7. The Morgan fingerprint density at radius 2 is 2.04 bits per heavy atom. The van der Waals surface area contributed by atoms with Gasteiger partial charge in [-0.05, 0) is 31.0 Å². The van der Waals surface area contributed by atoms with E-state index in [1.165, 1.54) is 0 Å². The van der Waals surface area contributed by atoms with Gasteiger partial charge in [-0.2, -0.15) is 4.98 Å². The maximum absolute atomic E-state index is 12.4. The molecule has 1 aromatic carbocycles. The number of rotatable bonds is 3. The van der Waals surface area contributed by atoms with Gasteiger partial charge >= 0.3 is 0 Å². The van der Waals surface area contributed by atoms with Gasteiger partial charge < -0.3 is 14.2 Å². The van der Waals surface area contributed by atoms with E-state index in [1.54, 1.807) is 18.2 Å². The molecule has 2 aromatic rings. The summed E-state index contributed by atoms with van der Waals surface area (Å²) in [6.45, 7) is 1.91. The van der Waals surface area contributed by atoms with Gasteiger partial charge in [0.05, 0.1) is 13.2 Å². The monoisotopic (exact) mass is 330 g/mol. The first kappa shape index (κ1) is 14.9. The quantitative estimate of drug-likeness (QED) is 0.894. The molecule has 8 heteroatoms. The summed E-state index contributed by atoms with van der Waals surface area (Å²) in [5.74, 6) is 1.81. The second-order valence-corrected chi connectivity index (χ2v) is 5.71. The van der Waals surface area contributed by atoms with Crippen LogP contribution in [0.1, 0.15) is 41.5 Å². The molecule has 24 heavy (non-hydrogen) atoms. The molecule has 3 heterocycles. The number of H-pyrrole nitrogens is 1. The highest BCUT2D eigenvalue weighted by Crippen LogP contribution is 2.30. The Morgan fingerprint density at radius 1 is 1.17 bits per heavy atom. The van der Waals surface area contributed by atoms with E-state index in [0.29, 0.717) is 36.1 Å². The molecule has 1 fully saturated rings. The molecule has 4 rings (SSSR count). The minimum Gasteiger partial charge on any atom is -0.490 e. The van der Waals surface area contributed by atoms with Crippen LogP contribution < -0.4 is 14.8 Å². The Labute approximate surface area is 138 Å². The molecule has 1 aromatic heterocycles. The molecule has 0 bridgehead atoms. The van der Waals surface area contributed by atoms with E-state index in [-0.39, 0.29) is 18.0 Å². The molecule has 0 saturated carbocycles. The number of fused-ring (bicyclic) bond motifs is 1. The summed E-state index contributed by atoms with van der Waals surface area (Å²) in [5.41, 5.74) is 0.461. The van der Waals surface area contributed by atoms with Gasteiger partial charge in [0.1, 0.15) is 6.10 Å². The molecular weight excluding hydrogens is 312 g/mol. The van der Waals surface area contributed by atoms with Crippen LogP contribution in [0.4, 0.5) is 5.95 Å². The normalized spacial score (nSPS) is 19.8. The number of nitrogens with zero attached hydrogens (tertiary/aromatic N) is 2. The number of hydrogen-bond acceptors (Lipinski definition) is 6. The minimum absolute atomic E-state index is 0.0683. The van der Waals surface area contributed by atoms with E-state index in [4.69, 9.17) is 14.2 Å². The average Bonchev–Trinajstić information content (AvgIpc) is 3.22. The number of hydrogen-bond donors (Lipinski definition) is 2. The van der Waals surface area contributed by atoms with E-state index in [9.17, 15) is 4.79 Å². The first-order chi connectivity index (χ1) is 11.8. The largest absolute Gasteiger partial charge is 0.490 e. The summed E-state index contributed by atoms with van der Waals surface area (Å²) in [6.07, 6.45) is 2.66. The molecule has 0 radical (unpaired) electrons. The van der Waals surface area contributed by atoms with Crippen molar-refractivity contribution < 1.29 is 19.0 Å². The zero-order valence-corrected chi connectivity index (χ0v) is 13.1. The standard InChI is InChI=1S/C16H18N4O4/c21-15(10-4-5-11-13(9-10)24-8-2-7-22-11)18-16-17-14(19-20-16)12-3-1-6-23-12/h4-5,9,12H,1-3,6-8H2,(H2,17,18,19,20,21). The van der Waals surface area contributed by atoms with Crippen LogP contribution in [-0.4, -0.2) is 40.9 Å². The summed E-state index contributed by atoms with van der Waals surface area (Å²) in [6, 6.07) is 5.10. The Hall–Kier alpha value is -2.61. The molecule has 0 aliphatic carbocycles. The molecule has 2 aliphatic heterocycles. The summed E-state index contributed by atoms with van der Waals surface area (Å²) >= 11 is 0. The third-order valence-electron chi connectivity index (χ3n) is 3.97. The summed E-state index contributed by atoms with van der Waals surface area (Å²) in [7, 11) is 0. The number of ether oxygens (including phenoxy) is 3. The smallest absolute Gasteiger partial charge is 0.258 e. The lowest BCUT2D eigenvalue weighted by Gasteiger charge is -2.08. The van der Waals surface area contributed by atoms with Crippen molar-refractivity contribution in [2.45, 2.75) is 25.4 Å². The van der Waals surface area contributed by atoms with Crippen molar-refractivity contribution >= 4 is 11.9 Å². The van der Waals surface area contributed by atoms with Gasteiger partial charge in [0.15, 0.2) is 17.3 Å². The molecule has 2 N–H and O–H groups in total. The maximum Gasteiger partial charge on any atom is 0.258 e. The predicted octanol–water partition coefficient (Wildman–Crippen LogP) is 2.07. The van der Waals surface area contributed by atoms with Crippen LogP contribution in [0.5, 0.6) is 11.5 Å². The van der Waals surface area contributed by atoms with Crippen LogP contribution in [0.15, 0.2) is 18.2 Å². The van der Waals surface area contributed by atoms with Gasteiger partial charge in [-0.25, -0.2) is 0 Å². The van der Waals surface area contributed by atoms with E-state index >= 15 is 0 Å². The molecule has 2 aliphatic rings. The van der Waals surface area contributed by atoms with Crippen LogP contribution in [0.2, 0.25) is 0 Å². The first-order valence-electron chi connectivity index (χ1n) is 8.04. The van der Waals surface area contributed by atoms with Gasteiger partial charge in [0, 0.05) is 18.6 Å². The second kappa shape index (κ2) is 6.48. The molecule has 0 spiro atoms. The van der Waals surface area contributed by atoms with E-state index in [0.717, 1.165) is 25.9 Å². The fourth-order valence-electron chi connectivity index (χ4n) is 2.75. The van der Waals surface area contributed by atoms with Crippen molar-refractivity contribution in [2.24, 2.45) is 0 Å². The fourth-order valence-corrected chi connectivity index (χ4v) is 2.75.